The highest BCUT2D eigenvalue weighted by atomic mass is 16.5. The van der Waals surface area contributed by atoms with Crippen LogP contribution in [0.15, 0.2) is 24.3 Å². The first kappa shape index (κ1) is 14.7. The van der Waals surface area contributed by atoms with E-state index in [-0.39, 0.29) is 0 Å². The Morgan fingerprint density at radius 1 is 1.25 bits per heavy atom. The van der Waals surface area contributed by atoms with E-state index in [0.717, 1.165) is 30.6 Å². The number of carbonyl (C=O) groups is 1. The Morgan fingerprint density at radius 2 is 2.05 bits per heavy atom. The minimum absolute atomic E-state index is 0.345. The fourth-order valence-electron chi connectivity index (χ4n) is 2.58. The van der Waals surface area contributed by atoms with E-state index >= 15 is 0 Å². The van der Waals surface area contributed by atoms with Crippen LogP contribution in [0, 0.1) is 0 Å². The van der Waals surface area contributed by atoms with Gasteiger partial charge in [-0.05, 0) is 43.9 Å². The molecule has 0 aliphatic heterocycles. The lowest BCUT2D eigenvalue weighted by atomic mass is 9.92. The van der Waals surface area contributed by atoms with Crippen molar-refractivity contribution in [3.63, 3.8) is 0 Å². The molecule has 1 aromatic carbocycles. The van der Waals surface area contributed by atoms with Crippen molar-refractivity contribution < 1.29 is 14.3 Å². The van der Waals surface area contributed by atoms with Gasteiger partial charge < -0.3 is 14.8 Å². The topological polar surface area (TPSA) is 59.6 Å². The number of rotatable bonds is 4. The van der Waals surface area contributed by atoms with Crippen molar-refractivity contribution >= 4 is 17.5 Å². The van der Waals surface area contributed by atoms with Gasteiger partial charge in [-0.3, -0.25) is 5.32 Å². The van der Waals surface area contributed by atoms with Crippen molar-refractivity contribution in [1.82, 2.24) is 0 Å². The molecule has 1 amide bonds. The summed E-state index contributed by atoms with van der Waals surface area (Å²) >= 11 is 0. The number of ether oxygens (including phenoxy) is 2. The Morgan fingerprint density at radius 3 is 2.80 bits per heavy atom. The number of methoxy groups -OCH3 is 2. The second-order valence-corrected chi connectivity index (χ2v) is 5.06. The fourth-order valence-corrected chi connectivity index (χ4v) is 2.58. The summed E-state index contributed by atoms with van der Waals surface area (Å²) in [4.78, 5) is 11.2. The molecule has 0 aromatic heterocycles. The minimum Gasteiger partial charge on any atom is -0.453 e. The second kappa shape index (κ2) is 7.14. The van der Waals surface area contributed by atoms with Crippen molar-refractivity contribution in [1.29, 1.82) is 0 Å². The predicted molar refractivity (Wildman–Crippen MR) is 79.1 cm³/mol. The van der Waals surface area contributed by atoms with Gasteiger partial charge in [0.2, 0.25) is 0 Å². The molecule has 20 heavy (non-hydrogen) atoms. The quantitative estimate of drug-likeness (QED) is 0.887. The van der Waals surface area contributed by atoms with Crippen LogP contribution < -0.4 is 10.6 Å². The lowest BCUT2D eigenvalue weighted by Gasteiger charge is -2.29. The molecule has 110 valence electrons. The van der Waals surface area contributed by atoms with Gasteiger partial charge in [0, 0.05) is 24.5 Å². The molecule has 2 atom stereocenters. The maximum Gasteiger partial charge on any atom is 0.411 e. The van der Waals surface area contributed by atoms with Crippen molar-refractivity contribution in [3.05, 3.63) is 24.3 Å². The number of nitrogens with one attached hydrogen (secondary N) is 2. The number of carbonyl (C=O) groups excluding carboxylic acids is 1. The van der Waals surface area contributed by atoms with Gasteiger partial charge in [-0.25, -0.2) is 4.79 Å². The molecule has 5 heteroatoms. The second-order valence-electron chi connectivity index (χ2n) is 5.06. The molecular weight excluding hydrogens is 256 g/mol. The summed E-state index contributed by atoms with van der Waals surface area (Å²) in [5, 5.41) is 6.17. The van der Waals surface area contributed by atoms with E-state index in [1.165, 1.54) is 13.5 Å². The molecule has 1 aliphatic carbocycles. The van der Waals surface area contributed by atoms with Crippen LogP contribution in [0.2, 0.25) is 0 Å². The van der Waals surface area contributed by atoms with E-state index in [1.54, 1.807) is 7.11 Å². The first-order valence-electron chi connectivity index (χ1n) is 6.95. The Balaban J connectivity index is 1.95. The molecule has 1 aliphatic rings. The third-order valence-electron chi connectivity index (χ3n) is 3.62. The molecule has 1 saturated carbocycles. The maximum atomic E-state index is 11.2. The average Bonchev–Trinajstić information content (AvgIpc) is 2.47. The van der Waals surface area contributed by atoms with Gasteiger partial charge in [0.1, 0.15) is 0 Å². The van der Waals surface area contributed by atoms with Crippen LogP contribution in [0.4, 0.5) is 16.2 Å². The van der Waals surface area contributed by atoms with Crippen LogP contribution in [0.1, 0.15) is 25.7 Å². The molecule has 0 heterocycles. The molecule has 0 saturated heterocycles. The molecule has 2 unspecified atom stereocenters. The zero-order valence-corrected chi connectivity index (χ0v) is 12.0. The van der Waals surface area contributed by atoms with Crippen molar-refractivity contribution in [2.45, 2.75) is 37.8 Å². The summed E-state index contributed by atoms with van der Waals surface area (Å²) < 4.78 is 10.0. The normalized spacial score (nSPS) is 22.1. The Hall–Kier alpha value is -1.75. The van der Waals surface area contributed by atoms with Crippen LogP contribution in [0.3, 0.4) is 0 Å². The van der Waals surface area contributed by atoms with E-state index in [1.807, 2.05) is 24.3 Å². The molecule has 1 fully saturated rings. The molecule has 0 radical (unpaired) electrons. The van der Waals surface area contributed by atoms with Crippen LogP contribution in [0.25, 0.3) is 0 Å². The number of benzene rings is 1. The van der Waals surface area contributed by atoms with Gasteiger partial charge in [0.25, 0.3) is 0 Å². The minimum atomic E-state index is -0.459. The zero-order chi connectivity index (χ0) is 14.4. The number of amides is 1. The van der Waals surface area contributed by atoms with Gasteiger partial charge >= 0.3 is 6.09 Å². The molecule has 1 aromatic rings. The fraction of sp³-hybridized carbons (Fsp3) is 0.533. The third-order valence-corrected chi connectivity index (χ3v) is 3.62. The molecule has 0 bridgehead atoms. The van der Waals surface area contributed by atoms with Gasteiger partial charge in [0.15, 0.2) is 0 Å². The highest BCUT2D eigenvalue weighted by Crippen LogP contribution is 2.25. The van der Waals surface area contributed by atoms with E-state index in [4.69, 9.17) is 4.74 Å². The number of hydrogen-bond donors (Lipinski definition) is 2. The molecule has 5 nitrogen and oxygen atoms in total. The smallest absolute Gasteiger partial charge is 0.411 e. The zero-order valence-electron chi connectivity index (χ0n) is 12.0. The van der Waals surface area contributed by atoms with Gasteiger partial charge in [-0.2, -0.15) is 0 Å². The largest absolute Gasteiger partial charge is 0.453 e. The number of anilines is 2. The molecular formula is C15H22N2O3. The summed E-state index contributed by atoms with van der Waals surface area (Å²) in [6.07, 6.45) is 4.37. The van der Waals surface area contributed by atoms with E-state index in [9.17, 15) is 4.79 Å². The summed E-state index contributed by atoms with van der Waals surface area (Å²) in [7, 11) is 3.12. The average molecular weight is 278 g/mol. The van der Waals surface area contributed by atoms with Gasteiger partial charge in [-0.15, -0.1) is 0 Å². The van der Waals surface area contributed by atoms with E-state index < -0.39 is 6.09 Å². The monoisotopic (exact) mass is 278 g/mol. The summed E-state index contributed by atoms with van der Waals surface area (Å²) in [5.74, 6) is 0. The molecule has 0 spiro atoms. The predicted octanol–water partition coefficient (Wildman–Crippen LogP) is 3.23. The highest BCUT2D eigenvalue weighted by molar-refractivity contribution is 5.85. The van der Waals surface area contributed by atoms with Crippen LogP contribution >= 0.6 is 0 Å². The summed E-state index contributed by atoms with van der Waals surface area (Å²) in [5.41, 5.74) is 1.72. The van der Waals surface area contributed by atoms with Crippen molar-refractivity contribution in [3.8, 4) is 0 Å². The molecule has 2 rings (SSSR count). The van der Waals surface area contributed by atoms with E-state index in [0.29, 0.717) is 12.1 Å². The Kier molecular flexibility index (Phi) is 5.24. The van der Waals surface area contributed by atoms with Crippen LogP contribution in [-0.2, 0) is 9.47 Å². The molecule has 2 N–H and O–H groups in total. The van der Waals surface area contributed by atoms with E-state index in [2.05, 4.69) is 15.4 Å². The first-order valence-corrected chi connectivity index (χ1v) is 6.95. The maximum absolute atomic E-state index is 11.2. The SMILES string of the molecule is COC(=O)Nc1cccc(NC2CCCC(OC)C2)c1. The third kappa shape index (κ3) is 4.13. The highest BCUT2D eigenvalue weighted by Gasteiger charge is 2.21. The van der Waals surface area contributed by atoms with Gasteiger partial charge in [0.05, 0.1) is 13.2 Å². The van der Waals surface area contributed by atoms with Crippen molar-refractivity contribution in [2.24, 2.45) is 0 Å². The lowest BCUT2D eigenvalue weighted by Crippen LogP contribution is -2.31. The van der Waals surface area contributed by atoms with Gasteiger partial charge in [-0.1, -0.05) is 6.07 Å². The lowest BCUT2D eigenvalue weighted by molar-refractivity contribution is 0.0669. The number of hydrogen-bond acceptors (Lipinski definition) is 4. The Labute approximate surface area is 119 Å². The van der Waals surface area contributed by atoms with Crippen LogP contribution in [-0.4, -0.2) is 32.5 Å². The first-order chi connectivity index (χ1) is 9.71. The summed E-state index contributed by atoms with van der Waals surface area (Å²) in [6.45, 7) is 0. The summed E-state index contributed by atoms with van der Waals surface area (Å²) in [6, 6.07) is 8.07. The Bertz CT molecular complexity index is 450. The van der Waals surface area contributed by atoms with Crippen molar-refractivity contribution in [2.75, 3.05) is 24.9 Å². The standard InChI is InChI=1S/C15H22N2O3/c1-19-14-8-4-7-13(10-14)16-11-5-3-6-12(9-11)17-15(18)20-2/h3,5-6,9,13-14,16H,4,7-8,10H2,1-2H3,(H,17,18). The van der Waals surface area contributed by atoms with Crippen LogP contribution in [0.5, 0.6) is 0 Å².